The highest BCUT2D eigenvalue weighted by Gasteiger charge is 2.37. The number of aliphatic carboxylic acids is 1. The number of unbranched alkanes of at least 4 members (excludes halogenated alkanes) is 4. The van der Waals surface area contributed by atoms with E-state index in [4.69, 9.17) is 39.5 Å². The van der Waals surface area contributed by atoms with Crippen LogP contribution < -0.4 is 55.7 Å². The van der Waals surface area contributed by atoms with Gasteiger partial charge in [-0.3, -0.25) is 38.4 Å². The van der Waals surface area contributed by atoms with Crippen LogP contribution in [0, 0.1) is 35.5 Å². The van der Waals surface area contributed by atoms with Crippen LogP contribution in [0.15, 0.2) is 152 Å². The Hall–Kier alpha value is -8.47. The summed E-state index contributed by atoms with van der Waals surface area (Å²) in [5, 5.41) is 20.6. The summed E-state index contributed by atoms with van der Waals surface area (Å²) in [6.07, 6.45) is 9.96. The molecule has 36 heteroatoms. The van der Waals surface area contributed by atoms with Gasteiger partial charge in [-0.25, -0.2) is 33.7 Å². The van der Waals surface area contributed by atoms with Gasteiger partial charge in [0, 0.05) is 94.4 Å². The number of carboxylic acids is 1. The van der Waals surface area contributed by atoms with Crippen LogP contribution in [0.4, 0.5) is 0 Å². The molecule has 0 saturated heterocycles. The number of amides is 4. The molecule has 0 bridgehead atoms. The lowest BCUT2D eigenvalue weighted by Crippen LogP contribution is -2.51. The molecule has 1 unspecified atom stereocenters. The summed E-state index contributed by atoms with van der Waals surface area (Å²) in [6.45, 7) is 13.8. The minimum Gasteiger partial charge on any atom is -0.481 e. The van der Waals surface area contributed by atoms with Gasteiger partial charge in [0.1, 0.15) is 11.6 Å². The summed E-state index contributed by atoms with van der Waals surface area (Å²) < 4.78 is 111. The maximum absolute atomic E-state index is 13.8. The average Bonchev–Trinajstić information content (AvgIpc) is 0.839. The zero-order valence-electron chi connectivity index (χ0n) is 78.4. The van der Waals surface area contributed by atoms with Crippen molar-refractivity contribution in [2.24, 2.45) is 69.9 Å². The summed E-state index contributed by atoms with van der Waals surface area (Å²) in [6, 6.07) is 44.0. The first kappa shape index (κ1) is 117. The Morgan fingerprint density at radius 2 is 0.786 bits per heavy atom. The number of carboxylic acid groups (broad SMARTS) is 1. The number of rotatable bonds is 67. The standard InChI is InChI=1S/C33H50N4O5S.C32H49N5O7S2.C30H53N5O6S/c1-25(20-28-12-6-4-7-13-28)36-33(40)31(16-10-11-17-34)27(3)32(39)24-37(43(41,42)19-18-35)23-30(21-26(2)38)22-29-14-8-5-9-15-29;1-3-36(45(41,42)19-18-34)24-32(40)35-30(16-10-11-17-33)31(39)21-29(20-27-12-6-4-7-13-27)23-37(22-26(2)38)46(43,44)25-28-14-8-5-9-15-28;1-23(2)19-26(13-7-9-17-31)30(39)34-27(14-8-10-18-32)20-35(21-28(36)33-24(3)15-16-29(37)38)42(40,41)22-25-11-5-4-6-12-25/h4-9,12-15,25,27,30-31H,10-11,16-24,34-35H2,1-3H3,(H,36,40);4-9,12-15,29-30H,3,10-11,16-25,33-34H2,1-2H3,(H,35,40);4-6,11-12,23-24,26-27H,7-10,13-22,31-32H2,1-3H3,(H,33,36)(H,34,39)(H,37,38)/t25-,27?,30+,31-;29-,30+;24-,26-,27+/m111/s1. The number of ketones is 4. The smallest absolute Gasteiger partial charge is 0.303 e. The zero-order chi connectivity index (χ0) is 97.5. The quantitative estimate of drug-likeness (QED) is 0.0172. The van der Waals surface area contributed by atoms with Crippen molar-refractivity contribution in [1.29, 1.82) is 0 Å². The van der Waals surface area contributed by atoms with Gasteiger partial charge in [-0.2, -0.15) is 17.2 Å². The second kappa shape index (κ2) is 63.7. The third-order valence-corrected chi connectivity index (χ3v) is 29.4. The van der Waals surface area contributed by atoms with Crippen molar-refractivity contribution in [3.8, 4) is 0 Å². The van der Waals surface area contributed by atoms with Crippen LogP contribution in [0.1, 0.15) is 192 Å². The van der Waals surface area contributed by atoms with Crippen LogP contribution in [-0.4, -0.2) is 236 Å². The van der Waals surface area contributed by atoms with E-state index in [1.807, 2.05) is 97.9 Å². The van der Waals surface area contributed by atoms with Gasteiger partial charge < -0.3 is 65.6 Å². The summed E-state index contributed by atoms with van der Waals surface area (Å²) in [4.78, 5) is 116. The molecule has 0 aromatic heterocycles. The van der Waals surface area contributed by atoms with Gasteiger partial charge in [-0.15, -0.1) is 0 Å². The van der Waals surface area contributed by atoms with E-state index in [9.17, 15) is 76.8 Å². The fourth-order valence-electron chi connectivity index (χ4n) is 15.4. The number of nitrogens with two attached hydrogens (primary N) is 6. The second-order valence-corrected chi connectivity index (χ2v) is 42.7. The lowest BCUT2D eigenvalue weighted by atomic mass is 9.85. The number of sulfonamides is 4. The Morgan fingerprint density at radius 3 is 1.22 bits per heavy atom. The number of hydrogen-bond donors (Lipinski definition) is 11. The van der Waals surface area contributed by atoms with Crippen LogP contribution >= 0.6 is 0 Å². The summed E-state index contributed by atoms with van der Waals surface area (Å²) in [7, 11) is -15.5. The van der Waals surface area contributed by atoms with Crippen LogP contribution in [0.2, 0.25) is 0 Å². The molecule has 32 nitrogen and oxygen atoms in total. The number of hydrogen-bond acceptors (Lipinski definition) is 23. The van der Waals surface area contributed by atoms with Crippen LogP contribution in [0.5, 0.6) is 0 Å². The zero-order valence-corrected chi connectivity index (χ0v) is 81.6. The van der Waals surface area contributed by atoms with Crippen molar-refractivity contribution in [3.05, 3.63) is 179 Å². The normalized spacial score (nSPS) is 14.0. The van der Waals surface area contributed by atoms with Crippen molar-refractivity contribution in [2.75, 3.05) is 103 Å². The molecule has 131 heavy (non-hydrogen) atoms. The van der Waals surface area contributed by atoms with E-state index < -0.39 is 107 Å². The van der Waals surface area contributed by atoms with E-state index >= 15 is 0 Å². The fraction of sp³-hybridized carbons (Fsp3) is 0.589. The molecule has 9 atom stereocenters. The van der Waals surface area contributed by atoms with Gasteiger partial charge in [-0.1, -0.05) is 199 Å². The molecule has 734 valence electrons. The third kappa shape index (κ3) is 48.9. The van der Waals surface area contributed by atoms with Crippen LogP contribution in [0.3, 0.4) is 0 Å². The molecule has 0 radical (unpaired) electrons. The molecule has 0 aliphatic rings. The summed E-state index contributed by atoms with van der Waals surface area (Å²) in [5.41, 5.74) is 37.9. The highest BCUT2D eigenvalue weighted by Crippen LogP contribution is 2.27. The highest BCUT2D eigenvalue weighted by molar-refractivity contribution is 7.89. The Balaban J connectivity index is 0.000000507. The molecule has 5 aromatic rings. The first-order valence-electron chi connectivity index (χ1n) is 45.9. The van der Waals surface area contributed by atoms with E-state index in [0.29, 0.717) is 120 Å². The van der Waals surface area contributed by atoms with Gasteiger partial charge in [0.15, 0.2) is 11.6 Å². The molecule has 0 aliphatic heterocycles. The van der Waals surface area contributed by atoms with Crippen LogP contribution in [-0.2, 0) is 114 Å². The molecule has 5 aromatic carbocycles. The van der Waals surface area contributed by atoms with E-state index in [2.05, 4.69) is 35.1 Å². The number of Topliss-reactive ketones (excluding diaryl/α,β-unsaturated/α-hetero) is 4. The van der Waals surface area contributed by atoms with E-state index in [0.717, 1.165) is 48.9 Å². The highest BCUT2D eigenvalue weighted by atomic mass is 32.2. The SMILES string of the molecule is CC(=O)C[C@@H](Cc1ccccc1)CN(CC(=O)C(C)[C@@H](CCCCN)C(=O)N[C@H](C)Cc1ccccc1)S(=O)(=O)CCN.CC(C)C[C@@H](CCCCN)C(=O)N[C@@H](CCCCN)CN(CC(=O)N[C@H](C)CCC(=O)O)S(=O)(=O)Cc1ccccc1.CCN(CC(=O)N[C@@H](CCCCN)C(=O)C[C@@H](Cc1ccccc1)CN(CC(C)=O)S(=O)(=O)Cc1ccccc1)S(=O)(=O)CCN. The molecule has 0 heterocycles. The molecule has 0 aliphatic carbocycles. The molecular weight excluding hydrogens is 1750 g/mol. The maximum atomic E-state index is 13.8. The van der Waals surface area contributed by atoms with E-state index in [-0.39, 0.29) is 160 Å². The lowest BCUT2D eigenvalue weighted by molar-refractivity contribution is -0.137. The molecule has 5 rings (SSSR count). The maximum Gasteiger partial charge on any atom is 0.303 e. The Bertz CT molecular complexity index is 4650. The second-order valence-electron chi connectivity index (χ2n) is 34.5. The number of benzene rings is 5. The lowest BCUT2D eigenvalue weighted by Gasteiger charge is -2.29. The van der Waals surface area contributed by atoms with Gasteiger partial charge in [0.25, 0.3) is 0 Å². The molecule has 0 fully saturated rings. The first-order chi connectivity index (χ1) is 62.1. The van der Waals surface area contributed by atoms with E-state index in [1.54, 1.807) is 81.4 Å². The number of nitrogens with zero attached hydrogens (tertiary/aromatic N) is 4. The van der Waals surface area contributed by atoms with Crippen molar-refractivity contribution in [3.63, 3.8) is 0 Å². The fourth-order valence-corrected chi connectivity index (χ4v) is 21.1. The van der Waals surface area contributed by atoms with E-state index in [1.165, 1.54) is 18.2 Å². The van der Waals surface area contributed by atoms with Gasteiger partial charge >= 0.3 is 5.97 Å². The van der Waals surface area contributed by atoms with Crippen molar-refractivity contribution in [2.45, 2.75) is 219 Å². The monoisotopic (exact) mass is 1910 g/mol. The average molecular weight is 1910 g/mol. The topological polar surface area (TPSA) is 528 Å². The predicted molar refractivity (Wildman–Crippen MR) is 517 cm³/mol. The minimum absolute atomic E-state index is 0.00736. The third-order valence-electron chi connectivity index (χ3n) is 22.1. The van der Waals surface area contributed by atoms with Crippen molar-refractivity contribution in [1.82, 2.24) is 38.5 Å². The van der Waals surface area contributed by atoms with Gasteiger partial charge in [0.05, 0.1) is 55.2 Å². The summed E-state index contributed by atoms with van der Waals surface area (Å²) >= 11 is 0. The largest absolute Gasteiger partial charge is 0.481 e. The van der Waals surface area contributed by atoms with Crippen molar-refractivity contribution >= 4 is 92.8 Å². The molecule has 4 amide bonds. The number of carbonyl (C=O) groups is 9. The Morgan fingerprint density at radius 1 is 0.382 bits per heavy atom. The number of carbonyl (C=O) groups excluding carboxylic acids is 8. The first-order valence-corrected chi connectivity index (χ1v) is 52.4. The Kier molecular flexibility index (Phi) is 56.7. The molecule has 17 N–H and O–H groups in total. The number of nitrogens with one attached hydrogen (secondary N) is 4. The predicted octanol–water partition coefficient (Wildman–Crippen LogP) is 7.16. The van der Waals surface area contributed by atoms with Crippen LogP contribution in [0.25, 0.3) is 0 Å². The minimum atomic E-state index is -3.96. The summed E-state index contributed by atoms with van der Waals surface area (Å²) in [5.74, 6) is -6.86. The molecule has 0 saturated carbocycles. The Labute approximate surface area is 780 Å². The van der Waals surface area contributed by atoms with Gasteiger partial charge in [-0.05, 0) is 189 Å². The van der Waals surface area contributed by atoms with Gasteiger partial charge in [0.2, 0.25) is 63.7 Å². The number of likely N-dealkylation sites (N-methyl/N-ethyl adjacent to an activating group) is 1. The molecular formula is C95H152N14O18S4. The molecule has 0 spiro atoms. The van der Waals surface area contributed by atoms with Crippen molar-refractivity contribution < 1.29 is 81.9 Å².